The number of benzene rings is 1. The van der Waals surface area contributed by atoms with Crippen molar-refractivity contribution < 1.29 is 4.42 Å². The maximum absolute atomic E-state index is 5.74. The van der Waals surface area contributed by atoms with E-state index in [9.17, 15) is 0 Å². The number of halogens is 1. The van der Waals surface area contributed by atoms with E-state index in [1.807, 2.05) is 19.1 Å². The van der Waals surface area contributed by atoms with Crippen molar-refractivity contribution in [3.8, 4) is 0 Å². The highest BCUT2D eigenvalue weighted by molar-refractivity contribution is 9.10. The maximum Gasteiger partial charge on any atom is 0.170 e. The molecule has 0 spiro atoms. The second-order valence-corrected chi connectivity index (χ2v) is 4.39. The summed E-state index contributed by atoms with van der Waals surface area (Å²) < 4.78 is 6.18. The second kappa shape index (κ2) is 3.75. The van der Waals surface area contributed by atoms with Crippen LogP contribution in [0.5, 0.6) is 0 Å². The van der Waals surface area contributed by atoms with Crippen LogP contribution in [-0.2, 0) is 6.42 Å². The van der Waals surface area contributed by atoms with Crippen molar-refractivity contribution in [2.75, 3.05) is 0 Å². The quantitative estimate of drug-likeness (QED) is 0.894. The van der Waals surface area contributed by atoms with E-state index < -0.39 is 0 Å². The van der Waals surface area contributed by atoms with Gasteiger partial charge in [0.05, 0.1) is 0 Å². The van der Waals surface area contributed by atoms with Crippen molar-refractivity contribution in [1.82, 2.24) is 0 Å². The molecule has 0 saturated carbocycles. The van der Waals surface area contributed by atoms with E-state index in [-0.39, 0.29) is 6.04 Å². The minimum absolute atomic E-state index is 0.197. The molecular formula is C11H12BrNO. The van der Waals surface area contributed by atoms with Gasteiger partial charge in [-0.15, -0.1) is 0 Å². The molecule has 0 saturated heterocycles. The topological polar surface area (TPSA) is 39.2 Å². The summed E-state index contributed by atoms with van der Waals surface area (Å²) in [6.07, 6.45) is 0.902. The van der Waals surface area contributed by atoms with Crippen molar-refractivity contribution in [1.29, 1.82) is 0 Å². The lowest BCUT2D eigenvalue weighted by Gasteiger charge is -2.04. The van der Waals surface area contributed by atoms with Crippen LogP contribution in [0.2, 0.25) is 0 Å². The lowest BCUT2D eigenvalue weighted by molar-refractivity contribution is 0.587. The highest BCUT2D eigenvalue weighted by atomic mass is 79.9. The van der Waals surface area contributed by atoms with Crippen LogP contribution in [0.4, 0.5) is 0 Å². The zero-order valence-corrected chi connectivity index (χ0v) is 9.54. The Morgan fingerprint density at radius 2 is 2.21 bits per heavy atom. The van der Waals surface area contributed by atoms with E-state index in [0.29, 0.717) is 0 Å². The number of rotatable bonds is 2. The molecule has 0 bridgehead atoms. The van der Waals surface area contributed by atoms with Crippen LogP contribution < -0.4 is 5.73 Å². The van der Waals surface area contributed by atoms with Gasteiger partial charge in [0.2, 0.25) is 0 Å². The van der Waals surface area contributed by atoms with E-state index >= 15 is 0 Å². The van der Waals surface area contributed by atoms with Crippen molar-refractivity contribution in [2.24, 2.45) is 5.73 Å². The smallest absolute Gasteiger partial charge is 0.170 e. The molecule has 14 heavy (non-hydrogen) atoms. The van der Waals surface area contributed by atoms with Gasteiger partial charge in [-0.05, 0) is 53.0 Å². The monoisotopic (exact) mass is 253 g/mol. The third-order valence-electron chi connectivity index (χ3n) is 2.11. The van der Waals surface area contributed by atoms with Crippen LogP contribution >= 0.6 is 15.9 Å². The van der Waals surface area contributed by atoms with Crippen LogP contribution in [-0.4, -0.2) is 6.04 Å². The number of hydrogen-bond donors (Lipinski definition) is 1. The van der Waals surface area contributed by atoms with Crippen LogP contribution in [0.3, 0.4) is 0 Å². The van der Waals surface area contributed by atoms with Crippen LogP contribution in [0.1, 0.15) is 12.5 Å². The molecule has 1 heterocycles. The molecule has 0 aliphatic rings. The first-order valence-electron chi connectivity index (χ1n) is 4.59. The molecule has 1 unspecified atom stereocenters. The summed E-state index contributed by atoms with van der Waals surface area (Å²) in [5.74, 6) is 0. The molecule has 2 N–H and O–H groups in total. The Bertz CT molecular complexity index is 447. The first-order valence-corrected chi connectivity index (χ1v) is 5.38. The van der Waals surface area contributed by atoms with E-state index in [1.54, 1.807) is 0 Å². The zero-order valence-electron chi connectivity index (χ0n) is 7.96. The maximum atomic E-state index is 5.74. The van der Waals surface area contributed by atoms with Crippen molar-refractivity contribution in [2.45, 2.75) is 19.4 Å². The molecule has 1 atom stereocenters. The normalized spacial score (nSPS) is 13.4. The highest BCUT2D eigenvalue weighted by Crippen LogP contribution is 2.24. The molecule has 1 aromatic carbocycles. The van der Waals surface area contributed by atoms with Crippen LogP contribution in [0, 0.1) is 0 Å². The minimum atomic E-state index is 0.197. The largest absolute Gasteiger partial charge is 0.449 e. The number of furan rings is 1. The summed E-state index contributed by atoms with van der Waals surface area (Å²) >= 11 is 3.31. The standard InChI is InChI=1S/C11H12BrNO/c1-7(13)4-8-2-3-10-9(5-8)6-11(12)14-10/h2-3,5-7H,4,13H2,1H3. The Morgan fingerprint density at radius 3 is 2.93 bits per heavy atom. The number of fused-ring (bicyclic) bond motifs is 1. The minimum Gasteiger partial charge on any atom is -0.449 e. The van der Waals surface area contributed by atoms with Gasteiger partial charge in [0.15, 0.2) is 4.67 Å². The Morgan fingerprint density at radius 1 is 1.43 bits per heavy atom. The van der Waals surface area contributed by atoms with Crippen molar-refractivity contribution in [3.63, 3.8) is 0 Å². The predicted octanol–water partition coefficient (Wildman–Crippen LogP) is 3.09. The predicted molar refractivity (Wildman–Crippen MR) is 61.3 cm³/mol. The summed E-state index contributed by atoms with van der Waals surface area (Å²) in [6, 6.07) is 8.33. The fourth-order valence-electron chi connectivity index (χ4n) is 1.56. The van der Waals surface area contributed by atoms with E-state index in [1.165, 1.54) is 5.56 Å². The van der Waals surface area contributed by atoms with Gasteiger partial charge < -0.3 is 10.2 Å². The van der Waals surface area contributed by atoms with Crippen molar-refractivity contribution in [3.05, 3.63) is 34.5 Å². The SMILES string of the molecule is CC(N)Cc1ccc2oc(Br)cc2c1. The lowest BCUT2D eigenvalue weighted by Crippen LogP contribution is -2.17. The molecule has 2 nitrogen and oxygen atoms in total. The van der Waals surface area contributed by atoms with Gasteiger partial charge in [-0.25, -0.2) is 0 Å². The Hall–Kier alpha value is -0.800. The van der Waals surface area contributed by atoms with Gasteiger partial charge in [0, 0.05) is 11.4 Å². The molecule has 0 radical (unpaired) electrons. The van der Waals surface area contributed by atoms with Gasteiger partial charge in [-0.2, -0.15) is 0 Å². The molecule has 0 amide bonds. The van der Waals surface area contributed by atoms with E-state index in [0.717, 1.165) is 22.1 Å². The fraction of sp³-hybridized carbons (Fsp3) is 0.273. The molecular weight excluding hydrogens is 242 g/mol. The summed E-state index contributed by atoms with van der Waals surface area (Å²) in [6.45, 7) is 2.01. The lowest BCUT2D eigenvalue weighted by atomic mass is 10.1. The van der Waals surface area contributed by atoms with Gasteiger partial charge in [-0.3, -0.25) is 0 Å². The molecule has 0 aliphatic heterocycles. The summed E-state index contributed by atoms with van der Waals surface area (Å²) in [7, 11) is 0. The third kappa shape index (κ3) is 1.99. The van der Waals surface area contributed by atoms with E-state index in [2.05, 4.69) is 28.1 Å². The molecule has 3 heteroatoms. The highest BCUT2D eigenvalue weighted by Gasteiger charge is 2.03. The van der Waals surface area contributed by atoms with Crippen LogP contribution in [0.15, 0.2) is 33.4 Å². The average Bonchev–Trinajstić information content (AvgIpc) is 2.42. The summed E-state index contributed by atoms with van der Waals surface area (Å²) in [4.78, 5) is 0. The number of nitrogens with two attached hydrogens (primary N) is 1. The summed E-state index contributed by atoms with van der Waals surface area (Å²) in [5.41, 5.74) is 7.90. The molecule has 0 fully saturated rings. The van der Waals surface area contributed by atoms with Crippen LogP contribution in [0.25, 0.3) is 11.0 Å². The Kier molecular flexibility index (Phi) is 2.61. The van der Waals surface area contributed by atoms with Gasteiger partial charge in [0.1, 0.15) is 5.58 Å². The van der Waals surface area contributed by atoms with E-state index in [4.69, 9.17) is 10.2 Å². The molecule has 0 aliphatic carbocycles. The van der Waals surface area contributed by atoms with Gasteiger partial charge in [-0.1, -0.05) is 6.07 Å². The number of hydrogen-bond acceptors (Lipinski definition) is 2. The van der Waals surface area contributed by atoms with Gasteiger partial charge >= 0.3 is 0 Å². The first-order chi connectivity index (χ1) is 6.65. The first kappa shape index (κ1) is 9.74. The Balaban J connectivity index is 2.40. The van der Waals surface area contributed by atoms with Gasteiger partial charge in [0.25, 0.3) is 0 Å². The fourth-order valence-corrected chi connectivity index (χ4v) is 1.98. The Labute approximate surface area is 91.2 Å². The second-order valence-electron chi connectivity index (χ2n) is 3.60. The summed E-state index contributed by atoms with van der Waals surface area (Å²) in [5, 5.41) is 1.12. The zero-order chi connectivity index (χ0) is 10.1. The average molecular weight is 254 g/mol. The molecule has 2 aromatic rings. The molecule has 1 aromatic heterocycles. The molecule has 2 rings (SSSR count). The molecule has 74 valence electrons. The third-order valence-corrected chi connectivity index (χ3v) is 2.50. The van der Waals surface area contributed by atoms with Crippen molar-refractivity contribution >= 4 is 26.9 Å².